The van der Waals surface area contributed by atoms with Crippen LogP contribution in [-0.2, 0) is 42.8 Å². The van der Waals surface area contributed by atoms with Gasteiger partial charge in [-0.3, -0.25) is 9.59 Å². The van der Waals surface area contributed by atoms with Crippen molar-refractivity contribution >= 4 is 17.8 Å². The number of ether oxygens (including phenoxy) is 6. The largest absolute Gasteiger partial charge is 0.477 e. The van der Waals surface area contributed by atoms with Crippen LogP contribution in [0.25, 0.3) is 0 Å². The summed E-state index contributed by atoms with van der Waals surface area (Å²) in [6, 6.07) is -2.53. The zero-order chi connectivity index (χ0) is 66.1. The van der Waals surface area contributed by atoms with Crippen LogP contribution in [0.4, 0.5) is 0 Å². The van der Waals surface area contributed by atoms with Crippen molar-refractivity contribution in [2.24, 2.45) is 0 Å². The Bertz CT molecular complexity index is 1870. The number of amides is 2. The minimum absolute atomic E-state index is 0.220. The number of rotatable bonds is 53. The van der Waals surface area contributed by atoms with Crippen LogP contribution in [0.1, 0.15) is 258 Å². The van der Waals surface area contributed by atoms with E-state index in [1.807, 2.05) is 0 Å². The molecule has 18 unspecified atom stereocenters. The zero-order valence-corrected chi connectivity index (χ0v) is 55.0. The summed E-state index contributed by atoms with van der Waals surface area (Å²) in [6.07, 6.45) is 16.3. The topological polar surface area (TPSA) is 373 Å². The van der Waals surface area contributed by atoms with E-state index >= 15 is 0 Å². The summed E-state index contributed by atoms with van der Waals surface area (Å²) in [7, 11) is 0. The van der Waals surface area contributed by atoms with Gasteiger partial charge >= 0.3 is 5.97 Å². The van der Waals surface area contributed by atoms with Crippen molar-refractivity contribution in [1.29, 1.82) is 0 Å². The maximum Gasteiger partial charge on any atom is 0.364 e. The van der Waals surface area contributed by atoms with E-state index in [0.717, 1.165) is 84.0 Å². The molecule has 3 rings (SSSR count). The Morgan fingerprint density at radius 3 is 1.50 bits per heavy atom. The van der Waals surface area contributed by atoms with Crippen LogP contribution >= 0.6 is 0 Å². The molecule has 14 N–H and O–H groups in total. The first kappa shape index (κ1) is 81.7. The molecule has 0 spiro atoms. The maximum absolute atomic E-state index is 13.5. The summed E-state index contributed by atoms with van der Waals surface area (Å²) < 4.78 is 34.9. The Kier molecular flexibility index (Phi) is 43.8. The molecule has 3 saturated heterocycles. The van der Waals surface area contributed by atoms with Gasteiger partial charge in [0.15, 0.2) is 12.6 Å². The summed E-state index contributed by atoms with van der Waals surface area (Å²) in [5, 5.41) is 136. The second kappa shape index (κ2) is 48.2. The highest BCUT2D eigenvalue weighted by Gasteiger charge is 2.60. The molecule has 2 amide bonds. The summed E-state index contributed by atoms with van der Waals surface area (Å²) in [4.78, 5) is 38.6. The fraction of sp³-hybridized carbons (Fsp3) is 0.925. The van der Waals surface area contributed by atoms with Gasteiger partial charge in [-0.15, -0.1) is 0 Å². The van der Waals surface area contributed by atoms with Crippen LogP contribution in [-0.4, -0.2) is 215 Å². The third-order valence-electron chi connectivity index (χ3n) is 18.0. The molecular weight excluding hydrogens is 1170 g/mol. The Balaban J connectivity index is 1.60. The fourth-order valence-electron chi connectivity index (χ4n) is 12.4. The maximum atomic E-state index is 13.5. The van der Waals surface area contributed by atoms with Gasteiger partial charge in [-0.25, -0.2) is 4.79 Å². The fourth-order valence-corrected chi connectivity index (χ4v) is 12.4. The van der Waals surface area contributed by atoms with E-state index < -0.39 is 148 Å². The van der Waals surface area contributed by atoms with Gasteiger partial charge in [0.1, 0.15) is 67.1 Å². The highest BCUT2D eigenvalue weighted by atomic mass is 16.8. The second-order valence-corrected chi connectivity index (χ2v) is 25.7. The third-order valence-corrected chi connectivity index (χ3v) is 18.0. The normalized spacial score (nSPS) is 28.6. The second-order valence-electron chi connectivity index (χ2n) is 25.7. The lowest BCUT2D eigenvalue weighted by Crippen LogP contribution is -2.70. The summed E-state index contributed by atoms with van der Waals surface area (Å²) in [5.74, 6) is -6.10. The van der Waals surface area contributed by atoms with Crippen LogP contribution in [0.3, 0.4) is 0 Å². The molecular formula is C67H124N2O21. The number of hydrogen-bond donors (Lipinski definition) is 14. The molecule has 528 valence electrons. The Hall–Kier alpha value is -2.53. The number of allylic oxidation sites excluding steroid dienone is 2. The van der Waals surface area contributed by atoms with Gasteiger partial charge in [-0.1, -0.05) is 212 Å². The van der Waals surface area contributed by atoms with Crippen molar-refractivity contribution in [2.45, 2.75) is 368 Å². The van der Waals surface area contributed by atoms with E-state index in [9.17, 15) is 75.7 Å². The van der Waals surface area contributed by atoms with Gasteiger partial charge in [0.05, 0.1) is 50.7 Å². The molecule has 0 aromatic heterocycles. The lowest BCUT2D eigenvalue weighted by Gasteiger charge is -2.50. The SMILES string of the molecule is CCCCCCCC/C=C\CCCCCCCCCC(=O)NC(COC1OC(CO)C(OC2OC(CO)C(O)C(OC3(C(=O)O)CC(O)C(NC(C)=O)C(C(O)C(O)CO)O3)C2O)C(O)C1O)C(O)CCCCCCCCCCCCCCCCCCCCC. The van der Waals surface area contributed by atoms with Gasteiger partial charge < -0.3 is 100 Å². The minimum Gasteiger partial charge on any atom is -0.477 e. The average molecular weight is 1290 g/mol. The van der Waals surface area contributed by atoms with Gasteiger partial charge in [0.25, 0.3) is 5.79 Å². The van der Waals surface area contributed by atoms with Gasteiger partial charge in [0.2, 0.25) is 11.8 Å². The summed E-state index contributed by atoms with van der Waals surface area (Å²) >= 11 is 0. The van der Waals surface area contributed by atoms with E-state index in [1.165, 1.54) is 128 Å². The highest BCUT2D eigenvalue weighted by molar-refractivity contribution is 5.77. The number of aliphatic hydroxyl groups is 11. The molecule has 18 atom stereocenters. The zero-order valence-electron chi connectivity index (χ0n) is 55.0. The molecule has 3 heterocycles. The van der Waals surface area contributed by atoms with Crippen LogP contribution < -0.4 is 10.6 Å². The van der Waals surface area contributed by atoms with Crippen LogP contribution in [0.2, 0.25) is 0 Å². The molecule has 23 heteroatoms. The van der Waals surface area contributed by atoms with E-state index in [4.69, 9.17) is 28.4 Å². The number of carboxylic acid groups (broad SMARTS) is 1. The van der Waals surface area contributed by atoms with Crippen molar-refractivity contribution in [2.75, 3.05) is 26.4 Å². The van der Waals surface area contributed by atoms with Crippen LogP contribution in [0.15, 0.2) is 12.2 Å². The summed E-state index contributed by atoms with van der Waals surface area (Å²) in [6.45, 7) is 2.21. The quantitative estimate of drug-likeness (QED) is 0.0235. The van der Waals surface area contributed by atoms with E-state index in [0.29, 0.717) is 19.3 Å². The van der Waals surface area contributed by atoms with E-state index in [1.54, 1.807) is 0 Å². The number of unbranched alkanes of at least 4 members (excludes halogenated alkanes) is 31. The first-order valence-electron chi connectivity index (χ1n) is 35.0. The Morgan fingerprint density at radius 1 is 0.567 bits per heavy atom. The average Bonchev–Trinajstić information content (AvgIpc) is 0.837. The molecule has 90 heavy (non-hydrogen) atoms. The molecule has 3 aliphatic heterocycles. The van der Waals surface area contributed by atoms with Crippen molar-refractivity contribution in [3.8, 4) is 0 Å². The number of aliphatic carboxylic acids is 1. The van der Waals surface area contributed by atoms with Crippen molar-refractivity contribution in [3.05, 3.63) is 12.2 Å². The number of carbonyl (C=O) groups is 3. The highest BCUT2D eigenvalue weighted by Crippen LogP contribution is 2.39. The van der Waals surface area contributed by atoms with E-state index in [-0.39, 0.29) is 18.9 Å². The van der Waals surface area contributed by atoms with Crippen molar-refractivity contribution in [3.63, 3.8) is 0 Å². The molecule has 3 aliphatic rings. The molecule has 0 aliphatic carbocycles. The molecule has 3 fully saturated rings. The molecule has 0 radical (unpaired) electrons. The smallest absolute Gasteiger partial charge is 0.364 e. The molecule has 0 aromatic rings. The Labute approximate surface area is 537 Å². The predicted octanol–water partition coefficient (Wildman–Crippen LogP) is 6.29. The first-order valence-corrected chi connectivity index (χ1v) is 35.0. The lowest BCUT2D eigenvalue weighted by molar-refractivity contribution is -0.386. The van der Waals surface area contributed by atoms with Crippen LogP contribution in [0.5, 0.6) is 0 Å². The number of carbonyl (C=O) groups excluding carboxylic acids is 2. The number of aliphatic hydroxyl groups excluding tert-OH is 11. The van der Waals surface area contributed by atoms with Gasteiger partial charge in [0, 0.05) is 19.8 Å². The molecule has 0 bridgehead atoms. The molecule has 23 nitrogen and oxygen atoms in total. The Morgan fingerprint density at radius 2 is 1.03 bits per heavy atom. The van der Waals surface area contributed by atoms with Crippen molar-refractivity contribution in [1.82, 2.24) is 10.6 Å². The number of nitrogens with one attached hydrogen (secondary N) is 2. The minimum atomic E-state index is -3.08. The lowest BCUT2D eigenvalue weighted by atomic mass is 9.88. The van der Waals surface area contributed by atoms with E-state index in [2.05, 4.69) is 36.6 Å². The first-order chi connectivity index (χ1) is 43.4. The standard InChI is InChI=1S/C67H124N2O21/c1-4-6-8-10-12-14-16-18-20-22-23-25-26-28-30-32-34-36-38-40-49(74)48(69-54(77)41-39-37-35-33-31-29-27-24-21-19-17-15-13-11-9-7-5-2)46-85-64-59(81)58(80)61(53(45-72)87-64)88-65-60(82)63(57(79)52(44-71)86-65)90-67(66(83)84)42-50(75)55(68-47(3)73)62(89-67)56(78)51(76)43-70/h19,21,48-53,55-65,70-72,74-76,78-82H,4-18,20,22-46H2,1-3H3,(H,68,73)(H,69,77)(H,83,84)/b21-19-. The van der Waals surface area contributed by atoms with Crippen molar-refractivity contribution < 1.29 is 104 Å². The number of hydrogen-bond acceptors (Lipinski definition) is 20. The molecule has 0 saturated carbocycles. The van der Waals surface area contributed by atoms with Gasteiger partial charge in [-0.05, 0) is 38.5 Å². The predicted molar refractivity (Wildman–Crippen MR) is 338 cm³/mol. The number of carboxylic acids is 1. The third kappa shape index (κ3) is 30.5. The van der Waals surface area contributed by atoms with Crippen LogP contribution in [0, 0.1) is 0 Å². The summed E-state index contributed by atoms with van der Waals surface area (Å²) in [5.41, 5.74) is 0. The van der Waals surface area contributed by atoms with Gasteiger partial charge in [-0.2, -0.15) is 0 Å². The molecule has 0 aromatic carbocycles. The monoisotopic (exact) mass is 1290 g/mol.